The van der Waals surface area contributed by atoms with Crippen LogP contribution in [0.25, 0.3) is 0 Å². The van der Waals surface area contributed by atoms with Crippen LogP contribution in [0.4, 0.5) is 0 Å². The topological polar surface area (TPSA) is 64.8 Å². The first-order chi connectivity index (χ1) is 10.2. The van der Waals surface area contributed by atoms with E-state index in [1.807, 2.05) is 30.3 Å². The van der Waals surface area contributed by atoms with Gasteiger partial charge in [0.2, 0.25) is 5.91 Å². The monoisotopic (exact) mass is 290 g/mol. The van der Waals surface area contributed by atoms with Crippen LogP contribution >= 0.6 is 0 Å². The van der Waals surface area contributed by atoms with Gasteiger partial charge in [-0.15, -0.1) is 0 Å². The van der Waals surface area contributed by atoms with E-state index in [0.717, 1.165) is 12.0 Å². The van der Waals surface area contributed by atoms with Crippen LogP contribution in [0.3, 0.4) is 0 Å². The van der Waals surface area contributed by atoms with Gasteiger partial charge < -0.3 is 20.1 Å². The second-order valence-corrected chi connectivity index (χ2v) is 4.31. The van der Waals surface area contributed by atoms with E-state index in [2.05, 4.69) is 13.2 Å². The molecule has 0 fully saturated rings. The molecule has 0 bridgehead atoms. The number of carbonyl (C=O) groups is 1. The molecule has 0 saturated heterocycles. The Morgan fingerprint density at radius 2 is 1.86 bits per heavy atom. The minimum Gasteiger partial charge on any atom is -0.461 e. The summed E-state index contributed by atoms with van der Waals surface area (Å²) in [6.45, 7) is 7.72. The van der Waals surface area contributed by atoms with Crippen LogP contribution in [0.1, 0.15) is 5.56 Å². The fourth-order valence-corrected chi connectivity index (χ4v) is 1.87. The summed E-state index contributed by atoms with van der Waals surface area (Å²) in [5.74, 6) is -0.156. The highest BCUT2D eigenvalue weighted by atomic mass is 16.7. The number of carbonyl (C=O) groups excluding carboxylic acids is 1. The fourth-order valence-electron chi connectivity index (χ4n) is 1.87. The van der Waals surface area contributed by atoms with Crippen molar-refractivity contribution in [1.82, 2.24) is 4.90 Å². The van der Waals surface area contributed by atoms with Crippen molar-refractivity contribution in [3.05, 3.63) is 61.6 Å². The number of nitrogens with zero attached hydrogens (tertiary/aromatic N) is 1. The van der Waals surface area contributed by atoms with Gasteiger partial charge in [0.05, 0.1) is 25.6 Å². The molecule has 1 aromatic carbocycles. The van der Waals surface area contributed by atoms with Gasteiger partial charge in [-0.1, -0.05) is 43.5 Å². The SMILES string of the molecule is C=COC(CN(CCc1ccccc1)C(=O)CN)OC=C. The molecule has 21 heavy (non-hydrogen) atoms. The first-order valence-corrected chi connectivity index (χ1v) is 6.75. The highest BCUT2D eigenvalue weighted by Gasteiger charge is 2.18. The van der Waals surface area contributed by atoms with Crippen LogP contribution in [0.5, 0.6) is 0 Å². The zero-order chi connectivity index (χ0) is 15.5. The van der Waals surface area contributed by atoms with Crippen LogP contribution < -0.4 is 5.73 Å². The predicted octanol–water partition coefficient (Wildman–Crippen LogP) is 1.66. The van der Waals surface area contributed by atoms with Crippen LogP contribution in [0.2, 0.25) is 0 Å². The zero-order valence-corrected chi connectivity index (χ0v) is 12.1. The van der Waals surface area contributed by atoms with E-state index in [4.69, 9.17) is 15.2 Å². The Morgan fingerprint density at radius 3 is 2.38 bits per heavy atom. The standard InChI is InChI=1S/C16H22N2O3/c1-3-20-16(21-4-2)13-18(15(19)12-17)11-10-14-8-6-5-7-9-14/h3-9,16H,1-2,10-13,17H2. The molecule has 0 aromatic heterocycles. The second kappa shape index (κ2) is 9.61. The third-order valence-electron chi connectivity index (χ3n) is 2.91. The lowest BCUT2D eigenvalue weighted by Crippen LogP contribution is -2.42. The van der Waals surface area contributed by atoms with Crippen molar-refractivity contribution in [1.29, 1.82) is 0 Å². The largest absolute Gasteiger partial charge is 0.461 e. The summed E-state index contributed by atoms with van der Waals surface area (Å²) in [6, 6.07) is 9.92. The molecule has 0 unspecified atom stereocenters. The van der Waals surface area contributed by atoms with Crippen molar-refractivity contribution in [3.63, 3.8) is 0 Å². The van der Waals surface area contributed by atoms with Gasteiger partial charge in [-0.05, 0) is 12.0 Å². The number of amides is 1. The normalized spacial score (nSPS) is 10.0. The molecule has 0 aliphatic carbocycles. The van der Waals surface area contributed by atoms with Crippen molar-refractivity contribution < 1.29 is 14.3 Å². The fraction of sp³-hybridized carbons (Fsp3) is 0.312. The van der Waals surface area contributed by atoms with E-state index < -0.39 is 6.29 Å². The van der Waals surface area contributed by atoms with E-state index in [0.29, 0.717) is 6.54 Å². The average Bonchev–Trinajstić information content (AvgIpc) is 2.52. The van der Waals surface area contributed by atoms with Crippen molar-refractivity contribution in [2.75, 3.05) is 19.6 Å². The minimum atomic E-state index is -0.633. The lowest BCUT2D eigenvalue weighted by molar-refractivity contribution is -0.137. The third-order valence-corrected chi connectivity index (χ3v) is 2.91. The van der Waals surface area contributed by atoms with E-state index in [1.54, 1.807) is 4.90 Å². The molecule has 0 aliphatic heterocycles. The number of hydrogen-bond donors (Lipinski definition) is 1. The number of hydrogen-bond acceptors (Lipinski definition) is 4. The first kappa shape index (κ1) is 16.8. The molecule has 0 spiro atoms. The molecule has 5 nitrogen and oxygen atoms in total. The summed E-state index contributed by atoms with van der Waals surface area (Å²) in [7, 11) is 0. The van der Waals surface area contributed by atoms with Crippen molar-refractivity contribution in [2.24, 2.45) is 5.73 Å². The Kier molecular flexibility index (Phi) is 7.68. The molecule has 0 aliphatic rings. The zero-order valence-electron chi connectivity index (χ0n) is 12.1. The molecular formula is C16H22N2O3. The number of nitrogens with two attached hydrogens (primary N) is 1. The minimum absolute atomic E-state index is 0.0519. The van der Waals surface area contributed by atoms with E-state index >= 15 is 0 Å². The van der Waals surface area contributed by atoms with Crippen molar-refractivity contribution >= 4 is 5.91 Å². The van der Waals surface area contributed by atoms with Crippen LogP contribution in [0, 0.1) is 0 Å². The summed E-state index contributed by atoms with van der Waals surface area (Å²) >= 11 is 0. The Morgan fingerprint density at radius 1 is 1.24 bits per heavy atom. The molecule has 5 heteroatoms. The Balaban J connectivity index is 2.64. The molecule has 2 N–H and O–H groups in total. The van der Waals surface area contributed by atoms with Gasteiger partial charge in [-0.25, -0.2) is 0 Å². The number of benzene rings is 1. The predicted molar refractivity (Wildman–Crippen MR) is 82.1 cm³/mol. The summed E-state index contributed by atoms with van der Waals surface area (Å²) in [5, 5.41) is 0. The van der Waals surface area contributed by atoms with Crippen molar-refractivity contribution in [2.45, 2.75) is 12.7 Å². The van der Waals surface area contributed by atoms with Crippen LogP contribution in [-0.4, -0.2) is 36.7 Å². The molecule has 0 radical (unpaired) electrons. The van der Waals surface area contributed by atoms with Gasteiger partial charge in [-0.2, -0.15) is 0 Å². The van der Waals surface area contributed by atoms with Crippen LogP contribution in [-0.2, 0) is 20.7 Å². The molecular weight excluding hydrogens is 268 g/mol. The maximum Gasteiger partial charge on any atom is 0.256 e. The summed E-state index contributed by atoms with van der Waals surface area (Å²) < 4.78 is 10.4. The molecule has 0 heterocycles. The Hall–Kier alpha value is -2.27. The molecule has 1 rings (SSSR count). The molecule has 1 amide bonds. The summed E-state index contributed by atoms with van der Waals surface area (Å²) in [5.41, 5.74) is 6.60. The lowest BCUT2D eigenvalue weighted by Gasteiger charge is -2.26. The van der Waals surface area contributed by atoms with Gasteiger partial charge in [-0.3, -0.25) is 4.79 Å². The van der Waals surface area contributed by atoms with Gasteiger partial charge in [0.25, 0.3) is 6.29 Å². The number of ether oxygens (including phenoxy) is 2. The van der Waals surface area contributed by atoms with E-state index in [9.17, 15) is 4.79 Å². The Labute approximate surface area is 125 Å². The van der Waals surface area contributed by atoms with E-state index in [-0.39, 0.29) is 19.0 Å². The highest BCUT2D eigenvalue weighted by Crippen LogP contribution is 2.05. The number of rotatable bonds is 10. The van der Waals surface area contributed by atoms with Gasteiger partial charge >= 0.3 is 0 Å². The molecule has 0 atom stereocenters. The highest BCUT2D eigenvalue weighted by molar-refractivity contribution is 5.78. The van der Waals surface area contributed by atoms with Gasteiger partial charge in [0, 0.05) is 6.54 Å². The second-order valence-electron chi connectivity index (χ2n) is 4.31. The van der Waals surface area contributed by atoms with Gasteiger partial charge in [0.1, 0.15) is 0 Å². The van der Waals surface area contributed by atoms with Crippen LogP contribution in [0.15, 0.2) is 56.0 Å². The molecule has 1 aromatic rings. The van der Waals surface area contributed by atoms with Crippen molar-refractivity contribution in [3.8, 4) is 0 Å². The maximum atomic E-state index is 11.9. The molecule has 114 valence electrons. The quantitative estimate of drug-likeness (QED) is 0.526. The Bertz CT molecular complexity index is 438. The summed E-state index contributed by atoms with van der Waals surface area (Å²) in [6.07, 6.45) is 2.65. The first-order valence-electron chi connectivity index (χ1n) is 6.75. The lowest BCUT2D eigenvalue weighted by atomic mass is 10.1. The molecule has 0 saturated carbocycles. The maximum absolute atomic E-state index is 11.9. The van der Waals surface area contributed by atoms with Gasteiger partial charge in [0.15, 0.2) is 0 Å². The average molecular weight is 290 g/mol. The van der Waals surface area contributed by atoms with E-state index in [1.165, 1.54) is 12.5 Å². The summed E-state index contributed by atoms with van der Waals surface area (Å²) in [4.78, 5) is 13.5. The smallest absolute Gasteiger partial charge is 0.256 e. The third kappa shape index (κ3) is 6.14.